The number of aliphatic hydroxyl groups is 1. The number of rotatable bonds is 10. The molecule has 0 heterocycles. The highest BCUT2D eigenvalue weighted by Gasteiger charge is 1.99. The molecule has 0 aromatic rings. The van der Waals surface area contributed by atoms with Gasteiger partial charge in [-0.2, -0.15) is 0 Å². The number of hydrogen-bond acceptors (Lipinski definition) is 5. The van der Waals surface area contributed by atoms with Crippen LogP contribution in [0.2, 0.25) is 0 Å². The van der Waals surface area contributed by atoms with Crippen molar-refractivity contribution in [1.82, 2.24) is 16.0 Å². The first-order valence-corrected chi connectivity index (χ1v) is 5.34. The van der Waals surface area contributed by atoms with Crippen molar-refractivity contribution in [2.75, 3.05) is 39.3 Å². The Kier molecular flexibility index (Phi) is 10.7. The Labute approximate surface area is 86.4 Å². The Bertz CT molecular complexity index is 113. The fourth-order valence-corrected chi connectivity index (χ4v) is 1.11. The number of hydrogen-bond donors (Lipinski definition) is 5. The van der Waals surface area contributed by atoms with Gasteiger partial charge >= 0.3 is 0 Å². The van der Waals surface area contributed by atoms with Crippen molar-refractivity contribution in [1.29, 1.82) is 0 Å². The topological polar surface area (TPSA) is 82.3 Å². The van der Waals surface area contributed by atoms with Crippen LogP contribution in [0.4, 0.5) is 0 Å². The van der Waals surface area contributed by atoms with E-state index in [0.29, 0.717) is 6.54 Å². The number of aliphatic hydroxyl groups excluding tert-OH is 1. The number of nitrogens with two attached hydrogens (primary N) is 1. The molecular weight excluding hydrogens is 180 g/mol. The van der Waals surface area contributed by atoms with Gasteiger partial charge in [-0.15, -0.1) is 0 Å². The standard InChI is InChI=1S/C9H24N4O/c1-2-13-9(14)3-5-11-7-8-12-6-4-10/h9,11-14H,2-8,10H2,1H3. The molecule has 1 unspecified atom stereocenters. The molecule has 0 aliphatic carbocycles. The van der Waals surface area contributed by atoms with Crippen LogP contribution >= 0.6 is 0 Å². The summed E-state index contributed by atoms with van der Waals surface area (Å²) in [5.74, 6) is 0. The van der Waals surface area contributed by atoms with Gasteiger partial charge in [-0.3, -0.25) is 5.32 Å². The summed E-state index contributed by atoms with van der Waals surface area (Å²) in [5, 5.41) is 18.7. The van der Waals surface area contributed by atoms with Gasteiger partial charge in [0.15, 0.2) is 0 Å². The van der Waals surface area contributed by atoms with E-state index >= 15 is 0 Å². The Morgan fingerprint density at radius 2 is 1.79 bits per heavy atom. The Balaban J connectivity index is 2.98. The lowest BCUT2D eigenvalue weighted by atomic mass is 10.3. The van der Waals surface area contributed by atoms with Gasteiger partial charge in [0.2, 0.25) is 0 Å². The second kappa shape index (κ2) is 10.9. The molecule has 0 amide bonds. The first-order chi connectivity index (χ1) is 6.81. The number of nitrogens with one attached hydrogen (secondary N) is 3. The van der Waals surface area contributed by atoms with Crippen molar-refractivity contribution in [3.63, 3.8) is 0 Å². The van der Waals surface area contributed by atoms with Crippen LogP contribution in [0.1, 0.15) is 13.3 Å². The van der Waals surface area contributed by atoms with Gasteiger partial charge in [-0.1, -0.05) is 6.92 Å². The molecule has 0 saturated heterocycles. The van der Waals surface area contributed by atoms with E-state index in [1.54, 1.807) is 0 Å². The van der Waals surface area contributed by atoms with Crippen LogP contribution in [0.5, 0.6) is 0 Å². The highest BCUT2D eigenvalue weighted by molar-refractivity contribution is 4.56. The van der Waals surface area contributed by atoms with E-state index in [1.807, 2.05) is 6.92 Å². The summed E-state index contributed by atoms with van der Waals surface area (Å²) in [4.78, 5) is 0. The van der Waals surface area contributed by atoms with Gasteiger partial charge in [0.25, 0.3) is 0 Å². The SMILES string of the molecule is CCNC(O)CCNCCNCCN. The molecule has 0 spiro atoms. The van der Waals surface area contributed by atoms with E-state index in [4.69, 9.17) is 5.73 Å². The molecule has 0 rings (SSSR count). The molecule has 5 heteroatoms. The summed E-state index contributed by atoms with van der Waals surface area (Å²) in [6.07, 6.45) is 0.356. The molecule has 0 bridgehead atoms. The molecule has 5 nitrogen and oxygen atoms in total. The van der Waals surface area contributed by atoms with Gasteiger partial charge in [0.1, 0.15) is 6.23 Å². The van der Waals surface area contributed by atoms with E-state index in [-0.39, 0.29) is 6.23 Å². The minimum atomic E-state index is -0.385. The predicted octanol–water partition coefficient (Wildman–Crippen LogP) is -1.56. The van der Waals surface area contributed by atoms with E-state index in [9.17, 15) is 5.11 Å². The van der Waals surface area contributed by atoms with Crippen LogP contribution in [-0.4, -0.2) is 50.6 Å². The lowest BCUT2D eigenvalue weighted by molar-refractivity contribution is 0.130. The Hall–Kier alpha value is -0.200. The normalized spacial score (nSPS) is 13.1. The summed E-state index contributed by atoms with van der Waals surface area (Å²) in [7, 11) is 0. The van der Waals surface area contributed by atoms with Crippen LogP contribution in [0.25, 0.3) is 0 Å². The van der Waals surface area contributed by atoms with Gasteiger partial charge in [0.05, 0.1) is 0 Å². The minimum absolute atomic E-state index is 0.385. The minimum Gasteiger partial charge on any atom is -0.379 e. The second-order valence-electron chi connectivity index (χ2n) is 3.15. The van der Waals surface area contributed by atoms with Crippen molar-refractivity contribution >= 4 is 0 Å². The van der Waals surface area contributed by atoms with Crippen molar-refractivity contribution in [2.45, 2.75) is 19.6 Å². The molecule has 0 aromatic carbocycles. The van der Waals surface area contributed by atoms with Gasteiger partial charge < -0.3 is 21.5 Å². The second-order valence-corrected chi connectivity index (χ2v) is 3.15. The average molecular weight is 204 g/mol. The van der Waals surface area contributed by atoms with Crippen LogP contribution in [0.3, 0.4) is 0 Å². The molecule has 0 aromatic heterocycles. The molecule has 0 aliphatic heterocycles. The van der Waals surface area contributed by atoms with Crippen LogP contribution in [0.15, 0.2) is 0 Å². The van der Waals surface area contributed by atoms with Crippen molar-refractivity contribution < 1.29 is 5.11 Å². The molecule has 14 heavy (non-hydrogen) atoms. The maximum absolute atomic E-state index is 9.31. The Morgan fingerprint density at radius 1 is 1.14 bits per heavy atom. The molecule has 6 N–H and O–H groups in total. The average Bonchev–Trinajstić information content (AvgIpc) is 2.17. The van der Waals surface area contributed by atoms with Crippen LogP contribution in [0, 0.1) is 0 Å². The summed E-state index contributed by atoms with van der Waals surface area (Å²) in [5.41, 5.74) is 5.32. The third-order valence-electron chi connectivity index (χ3n) is 1.83. The van der Waals surface area contributed by atoms with E-state index in [2.05, 4.69) is 16.0 Å². The maximum atomic E-state index is 9.31. The first-order valence-electron chi connectivity index (χ1n) is 5.34. The molecule has 0 aliphatic rings. The molecule has 1 atom stereocenters. The highest BCUT2D eigenvalue weighted by atomic mass is 16.3. The summed E-state index contributed by atoms with van der Waals surface area (Å²) < 4.78 is 0. The fraction of sp³-hybridized carbons (Fsp3) is 1.00. The van der Waals surface area contributed by atoms with Crippen LogP contribution < -0.4 is 21.7 Å². The van der Waals surface area contributed by atoms with Gasteiger partial charge in [-0.25, -0.2) is 0 Å². The largest absolute Gasteiger partial charge is 0.379 e. The summed E-state index contributed by atoms with van der Waals surface area (Å²) in [6.45, 7) is 7.00. The third kappa shape index (κ3) is 9.88. The lowest BCUT2D eigenvalue weighted by Crippen LogP contribution is -2.35. The van der Waals surface area contributed by atoms with Crippen molar-refractivity contribution in [3.05, 3.63) is 0 Å². The smallest absolute Gasteiger partial charge is 0.106 e. The van der Waals surface area contributed by atoms with Gasteiger partial charge in [0, 0.05) is 26.2 Å². The molecule has 0 fully saturated rings. The zero-order valence-corrected chi connectivity index (χ0v) is 9.05. The van der Waals surface area contributed by atoms with E-state index in [0.717, 1.165) is 39.1 Å². The van der Waals surface area contributed by atoms with E-state index in [1.165, 1.54) is 0 Å². The zero-order chi connectivity index (χ0) is 10.6. The van der Waals surface area contributed by atoms with Gasteiger partial charge in [-0.05, 0) is 19.5 Å². The quantitative estimate of drug-likeness (QED) is 0.220. The zero-order valence-electron chi connectivity index (χ0n) is 9.05. The molecular formula is C9H24N4O. The lowest BCUT2D eigenvalue weighted by Gasteiger charge is -2.11. The highest BCUT2D eigenvalue weighted by Crippen LogP contribution is 1.83. The Morgan fingerprint density at radius 3 is 2.36 bits per heavy atom. The predicted molar refractivity (Wildman–Crippen MR) is 59.1 cm³/mol. The molecule has 0 saturated carbocycles. The first kappa shape index (κ1) is 13.8. The molecule has 0 radical (unpaired) electrons. The van der Waals surface area contributed by atoms with Crippen molar-refractivity contribution in [2.24, 2.45) is 5.73 Å². The molecule has 86 valence electrons. The fourth-order valence-electron chi connectivity index (χ4n) is 1.11. The maximum Gasteiger partial charge on any atom is 0.106 e. The van der Waals surface area contributed by atoms with Crippen LogP contribution in [-0.2, 0) is 0 Å². The summed E-state index contributed by atoms with van der Waals surface area (Å²) >= 11 is 0. The monoisotopic (exact) mass is 204 g/mol. The summed E-state index contributed by atoms with van der Waals surface area (Å²) in [6, 6.07) is 0. The van der Waals surface area contributed by atoms with Crippen molar-refractivity contribution in [3.8, 4) is 0 Å². The van der Waals surface area contributed by atoms with E-state index < -0.39 is 0 Å². The third-order valence-corrected chi connectivity index (χ3v) is 1.83.